The molecule has 0 aliphatic heterocycles. The number of ether oxygens (including phenoxy) is 1. The molecule has 0 radical (unpaired) electrons. The van der Waals surface area contributed by atoms with Gasteiger partial charge in [0.05, 0.1) is 7.11 Å². The molecule has 1 aromatic heterocycles. The molecule has 0 amide bonds. The van der Waals surface area contributed by atoms with Crippen LogP contribution in [0.25, 0.3) is 0 Å². The molecule has 2 aromatic rings. The predicted octanol–water partition coefficient (Wildman–Crippen LogP) is 1.57. The third kappa shape index (κ3) is 4.34. The summed E-state index contributed by atoms with van der Waals surface area (Å²) in [5, 5.41) is 11.9. The van der Waals surface area contributed by atoms with Crippen LogP contribution in [0.5, 0.6) is 0 Å². The first-order chi connectivity index (χ1) is 9.79. The normalized spacial score (nSPS) is 10.4. The van der Waals surface area contributed by atoms with Crippen LogP contribution in [0.4, 0.5) is 0 Å². The van der Waals surface area contributed by atoms with Gasteiger partial charge in [0.15, 0.2) is 0 Å². The van der Waals surface area contributed by atoms with E-state index in [4.69, 9.17) is 0 Å². The Morgan fingerprint density at radius 1 is 1.35 bits per heavy atom. The van der Waals surface area contributed by atoms with E-state index in [1.807, 2.05) is 18.2 Å². The number of nitrogens with zero attached hydrogens (tertiary/aromatic N) is 4. The van der Waals surface area contributed by atoms with Crippen molar-refractivity contribution in [2.45, 2.75) is 24.5 Å². The van der Waals surface area contributed by atoms with Crippen LogP contribution < -0.4 is 0 Å². The maximum atomic E-state index is 11.2. The molecule has 0 fully saturated rings. The van der Waals surface area contributed by atoms with Crippen LogP contribution in [0.3, 0.4) is 0 Å². The minimum absolute atomic E-state index is 0.0461. The minimum Gasteiger partial charge on any atom is -0.468 e. The van der Waals surface area contributed by atoms with Gasteiger partial charge in [0, 0.05) is 5.75 Å². The molecule has 0 saturated carbocycles. The molecule has 106 valence electrons. The number of hydrogen-bond donors (Lipinski definition) is 0. The molecule has 6 nitrogen and oxygen atoms in total. The monoisotopic (exact) mass is 292 g/mol. The molecule has 2 rings (SSSR count). The summed E-state index contributed by atoms with van der Waals surface area (Å²) in [5.41, 5.74) is 1.32. The van der Waals surface area contributed by atoms with Gasteiger partial charge in [-0.05, 0) is 28.8 Å². The SMILES string of the molecule is COC(=O)Cn1nnnc1SCCCc1ccccc1. The van der Waals surface area contributed by atoms with Gasteiger partial charge in [-0.2, -0.15) is 0 Å². The van der Waals surface area contributed by atoms with E-state index in [1.165, 1.54) is 17.4 Å². The summed E-state index contributed by atoms with van der Waals surface area (Å²) in [7, 11) is 1.35. The Morgan fingerprint density at radius 3 is 2.90 bits per heavy atom. The fraction of sp³-hybridized carbons (Fsp3) is 0.385. The summed E-state index contributed by atoms with van der Waals surface area (Å²) in [6.07, 6.45) is 2.05. The van der Waals surface area contributed by atoms with Crippen molar-refractivity contribution in [3.8, 4) is 0 Å². The molecule has 0 aliphatic rings. The van der Waals surface area contributed by atoms with Crippen molar-refractivity contribution in [1.29, 1.82) is 0 Å². The molecular weight excluding hydrogens is 276 g/mol. The Labute approximate surface area is 121 Å². The zero-order valence-electron chi connectivity index (χ0n) is 11.2. The highest BCUT2D eigenvalue weighted by atomic mass is 32.2. The molecule has 0 aliphatic carbocycles. The number of esters is 1. The van der Waals surface area contributed by atoms with E-state index < -0.39 is 0 Å². The van der Waals surface area contributed by atoms with Gasteiger partial charge >= 0.3 is 5.97 Å². The van der Waals surface area contributed by atoms with Gasteiger partial charge in [-0.1, -0.05) is 42.1 Å². The lowest BCUT2D eigenvalue weighted by molar-refractivity contribution is -0.141. The molecule has 0 unspecified atom stereocenters. The third-order valence-electron chi connectivity index (χ3n) is 2.69. The first kappa shape index (κ1) is 14.5. The summed E-state index contributed by atoms with van der Waals surface area (Å²) in [6.45, 7) is 0.0461. The average Bonchev–Trinajstić information content (AvgIpc) is 2.92. The van der Waals surface area contributed by atoms with Crippen molar-refractivity contribution >= 4 is 17.7 Å². The number of methoxy groups -OCH3 is 1. The van der Waals surface area contributed by atoms with E-state index in [0.29, 0.717) is 5.16 Å². The summed E-state index contributed by atoms with van der Waals surface area (Å²) in [4.78, 5) is 11.2. The number of tetrazole rings is 1. The quantitative estimate of drug-likeness (QED) is 0.438. The summed E-state index contributed by atoms with van der Waals surface area (Å²) in [5.74, 6) is 0.541. The lowest BCUT2D eigenvalue weighted by Gasteiger charge is -2.03. The Morgan fingerprint density at radius 2 is 2.15 bits per heavy atom. The van der Waals surface area contributed by atoms with Crippen LogP contribution in [0.2, 0.25) is 0 Å². The van der Waals surface area contributed by atoms with Crippen molar-refractivity contribution < 1.29 is 9.53 Å². The number of carbonyl (C=O) groups excluding carboxylic acids is 1. The second-order valence-corrected chi connectivity index (χ2v) is 5.19. The van der Waals surface area contributed by atoms with E-state index in [9.17, 15) is 4.79 Å². The zero-order chi connectivity index (χ0) is 14.2. The highest BCUT2D eigenvalue weighted by Crippen LogP contribution is 2.16. The van der Waals surface area contributed by atoms with Gasteiger partial charge in [-0.25, -0.2) is 4.68 Å². The van der Waals surface area contributed by atoms with E-state index in [1.54, 1.807) is 11.8 Å². The van der Waals surface area contributed by atoms with Crippen molar-refractivity contribution in [3.05, 3.63) is 35.9 Å². The summed E-state index contributed by atoms with van der Waals surface area (Å²) >= 11 is 1.54. The van der Waals surface area contributed by atoms with E-state index >= 15 is 0 Å². The minimum atomic E-state index is -0.358. The molecule has 0 bridgehead atoms. The highest BCUT2D eigenvalue weighted by Gasteiger charge is 2.10. The van der Waals surface area contributed by atoms with Gasteiger partial charge in [0.1, 0.15) is 6.54 Å². The standard InChI is InChI=1S/C13H16N4O2S/c1-19-12(18)10-17-13(14-15-16-17)20-9-5-8-11-6-3-2-4-7-11/h2-4,6-7H,5,8-10H2,1H3. The van der Waals surface area contributed by atoms with Crippen molar-refractivity contribution in [2.75, 3.05) is 12.9 Å². The average molecular weight is 292 g/mol. The van der Waals surface area contributed by atoms with Gasteiger partial charge in [-0.15, -0.1) is 5.10 Å². The first-order valence-electron chi connectivity index (χ1n) is 6.29. The Balaban J connectivity index is 1.77. The van der Waals surface area contributed by atoms with Crippen LogP contribution in [0, 0.1) is 0 Å². The number of rotatable bonds is 7. The van der Waals surface area contributed by atoms with Gasteiger partial charge in [-0.3, -0.25) is 4.79 Å². The number of benzene rings is 1. The Bertz CT molecular complexity index is 544. The molecule has 0 saturated heterocycles. The first-order valence-corrected chi connectivity index (χ1v) is 7.28. The second kappa shape index (κ2) is 7.64. The van der Waals surface area contributed by atoms with Gasteiger partial charge in [0.2, 0.25) is 5.16 Å². The van der Waals surface area contributed by atoms with Gasteiger partial charge < -0.3 is 4.74 Å². The lowest BCUT2D eigenvalue weighted by Crippen LogP contribution is -2.13. The van der Waals surface area contributed by atoms with E-state index in [-0.39, 0.29) is 12.5 Å². The predicted molar refractivity (Wildman–Crippen MR) is 75.3 cm³/mol. The van der Waals surface area contributed by atoms with Gasteiger partial charge in [0.25, 0.3) is 0 Å². The lowest BCUT2D eigenvalue weighted by atomic mass is 10.1. The molecule has 20 heavy (non-hydrogen) atoms. The van der Waals surface area contributed by atoms with Crippen LogP contribution >= 0.6 is 11.8 Å². The second-order valence-electron chi connectivity index (χ2n) is 4.13. The maximum Gasteiger partial charge on any atom is 0.327 e. The molecule has 1 aromatic carbocycles. The Kier molecular flexibility index (Phi) is 5.55. The van der Waals surface area contributed by atoms with Crippen LogP contribution in [0.1, 0.15) is 12.0 Å². The largest absolute Gasteiger partial charge is 0.468 e. The fourth-order valence-corrected chi connectivity index (χ4v) is 2.49. The van der Waals surface area contributed by atoms with E-state index in [2.05, 4.69) is 32.4 Å². The number of aryl methyl sites for hydroxylation is 1. The number of thioether (sulfide) groups is 1. The molecule has 7 heteroatoms. The third-order valence-corrected chi connectivity index (χ3v) is 3.73. The number of carbonyl (C=O) groups is 1. The van der Waals surface area contributed by atoms with Crippen molar-refractivity contribution in [3.63, 3.8) is 0 Å². The maximum absolute atomic E-state index is 11.2. The summed E-state index contributed by atoms with van der Waals surface area (Å²) in [6, 6.07) is 10.3. The fourth-order valence-electron chi connectivity index (χ4n) is 1.67. The molecule has 0 N–H and O–H groups in total. The van der Waals surface area contributed by atoms with Crippen molar-refractivity contribution in [2.24, 2.45) is 0 Å². The molecule has 0 spiro atoms. The van der Waals surface area contributed by atoms with E-state index in [0.717, 1.165) is 18.6 Å². The van der Waals surface area contributed by atoms with Crippen LogP contribution in [0.15, 0.2) is 35.5 Å². The molecule has 1 heterocycles. The van der Waals surface area contributed by atoms with Crippen LogP contribution in [-0.4, -0.2) is 39.0 Å². The van der Waals surface area contributed by atoms with Crippen LogP contribution in [-0.2, 0) is 22.5 Å². The zero-order valence-corrected chi connectivity index (χ0v) is 12.0. The number of aromatic nitrogens is 4. The number of hydrogen-bond acceptors (Lipinski definition) is 6. The smallest absolute Gasteiger partial charge is 0.327 e. The summed E-state index contributed by atoms with van der Waals surface area (Å²) < 4.78 is 6.05. The highest BCUT2D eigenvalue weighted by molar-refractivity contribution is 7.99. The molecular formula is C13H16N4O2S. The molecule has 0 atom stereocenters. The topological polar surface area (TPSA) is 69.9 Å². The van der Waals surface area contributed by atoms with Crippen molar-refractivity contribution in [1.82, 2.24) is 20.2 Å². The Hall–Kier alpha value is -1.89.